The lowest BCUT2D eigenvalue weighted by Crippen LogP contribution is -2.13. The molecule has 0 atom stereocenters. The Kier molecular flexibility index (Phi) is 4.24. The first-order chi connectivity index (χ1) is 11.4. The zero-order valence-electron chi connectivity index (χ0n) is 14.4. The van der Waals surface area contributed by atoms with E-state index in [1.54, 1.807) is 13.8 Å². The van der Waals surface area contributed by atoms with Gasteiger partial charge in [-0.1, -0.05) is 17.3 Å². The lowest BCUT2D eigenvalue weighted by molar-refractivity contribution is 0.102. The Morgan fingerprint density at radius 1 is 1.12 bits per heavy atom. The third kappa shape index (κ3) is 2.97. The van der Waals surface area contributed by atoms with Gasteiger partial charge >= 0.3 is 0 Å². The van der Waals surface area contributed by atoms with Crippen LogP contribution in [0.3, 0.4) is 0 Å². The fourth-order valence-electron chi connectivity index (χ4n) is 2.57. The highest BCUT2D eigenvalue weighted by atomic mass is 32.1. The number of amides is 1. The van der Waals surface area contributed by atoms with Crippen molar-refractivity contribution < 1.29 is 9.32 Å². The molecule has 3 rings (SSSR count). The quantitative estimate of drug-likeness (QED) is 0.756. The summed E-state index contributed by atoms with van der Waals surface area (Å²) >= 11 is 1.46. The molecular formula is C18H19N3O2S. The van der Waals surface area contributed by atoms with E-state index >= 15 is 0 Å². The van der Waals surface area contributed by atoms with Crippen LogP contribution in [-0.4, -0.2) is 16.0 Å². The number of rotatable bonds is 3. The maximum atomic E-state index is 12.4. The van der Waals surface area contributed by atoms with Crippen molar-refractivity contribution in [3.05, 3.63) is 51.2 Å². The molecule has 1 aromatic carbocycles. The topological polar surface area (TPSA) is 68.0 Å². The summed E-state index contributed by atoms with van der Waals surface area (Å²) in [5, 5.41) is 7.24. The van der Waals surface area contributed by atoms with Crippen molar-refractivity contribution in [1.82, 2.24) is 10.1 Å². The highest BCUT2D eigenvalue weighted by molar-refractivity contribution is 7.16. The van der Waals surface area contributed by atoms with Crippen LogP contribution in [0.25, 0.3) is 11.3 Å². The Balaban J connectivity index is 1.89. The summed E-state index contributed by atoms with van der Waals surface area (Å²) < 4.78 is 5.05. The molecule has 1 amide bonds. The normalized spacial score (nSPS) is 10.9. The second-order valence-electron chi connectivity index (χ2n) is 5.88. The van der Waals surface area contributed by atoms with Gasteiger partial charge < -0.3 is 4.52 Å². The predicted molar refractivity (Wildman–Crippen MR) is 95.7 cm³/mol. The minimum absolute atomic E-state index is 0.244. The number of aromatic nitrogens is 2. The monoisotopic (exact) mass is 341 g/mol. The molecule has 0 aliphatic rings. The van der Waals surface area contributed by atoms with Crippen LogP contribution in [0.4, 0.5) is 5.13 Å². The van der Waals surface area contributed by atoms with Gasteiger partial charge in [0.25, 0.3) is 5.91 Å². The van der Waals surface area contributed by atoms with Crippen molar-refractivity contribution >= 4 is 22.4 Å². The number of aryl methyl sites for hydroxylation is 5. The van der Waals surface area contributed by atoms with Gasteiger partial charge in [-0.2, -0.15) is 0 Å². The Bertz CT molecular complexity index is 905. The van der Waals surface area contributed by atoms with E-state index in [9.17, 15) is 4.79 Å². The smallest absolute Gasteiger partial charge is 0.262 e. The summed E-state index contributed by atoms with van der Waals surface area (Å²) in [6.07, 6.45) is 0. The Morgan fingerprint density at radius 2 is 1.88 bits per heavy atom. The maximum absolute atomic E-state index is 12.4. The minimum Gasteiger partial charge on any atom is -0.361 e. The van der Waals surface area contributed by atoms with E-state index in [4.69, 9.17) is 4.52 Å². The molecule has 0 fully saturated rings. The van der Waals surface area contributed by atoms with E-state index in [2.05, 4.69) is 47.5 Å². The number of hydrogen-bond donors (Lipinski definition) is 1. The van der Waals surface area contributed by atoms with Gasteiger partial charge in [-0.25, -0.2) is 4.98 Å². The number of nitrogens with one attached hydrogen (secondary N) is 1. The zero-order valence-corrected chi connectivity index (χ0v) is 15.2. The maximum Gasteiger partial charge on any atom is 0.262 e. The lowest BCUT2D eigenvalue weighted by atomic mass is 10.0. The van der Waals surface area contributed by atoms with Crippen molar-refractivity contribution in [2.75, 3.05) is 5.32 Å². The summed E-state index contributed by atoms with van der Waals surface area (Å²) in [6.45, 7) is 9.65. The van der Waals surface area contributed by atoms with Gasteiger partial charge in [-0.15, -0.1) is 11.3 Å². The number of carbonyl (C=O) groups excluding carboxylic acids is 1. The Morgan fingerprint density at radius 3 is 2.50 bits per heavy atom. The first-order valence-corrected chi connectivity index (χ1v) is 8.47. The molecule has 0 radical (unpaired) electrons. The third-order valence-electron chi connectivity index (χ3n) is 4.06. The predicted octanol–water partition coefficient (Wildman–Crippen LogP) is 4.59. The molecule has 6 heteroatoms. The van der Waals surface area contributed by atoms with Gasteiger partial charge in [0.2, 0.25) is 0 Å². The van der Waals surface area contributed by atoms with Crippen LogP contribution in [-0.2, 0) is 0 Å². The molecule has 3 aromatic rings. The number of anilines is 1. The Hall–Kier alpha value is -2.47. The number of thiazole rings is 1. The first kappa shape index (κ1) is 16.4. The molecule has 1 N–H and O–H groups in total. The fraction of sp³-hybridized carbons (Fsp3) is 0.278. The fourth-order valence-corrected chi connectivity index (χ4v) is 3.40. The second kappa shape index (κ2) is 6.20. The van der Waals surface area contributed by atoms with Gasteiger partial charge in [0.05, 0.1) is 11.4 Å². The van der Waals surface area contributed by atoms with Gasteiger partial charge in [-0.3, -0.25) is 10.1 Å². The molecule has 0 saturated heterocycles. The van der Waals surface area contributed by atoms with E-state index in [1.165, 1.54) is 22.5 Å². The van der Waals surface area contributed by atoms with Crippen LogP contribution in [0.15, 0.2) is 22.7 Å². The number of carbonyl (C=O) groups is 1. The van der Waals surface area contributed by atoms with Crippen LogP contribution in [0.5, 0.6) is 0 Å². The molecule has 124 valence electrons. The summed E-state index contributed by atoms with van der Waals surface area (Å²) in [4.78, 5) is 18.1. The lowest BCUT2D eigenvalue weighted by Gasteiger charge is -2.03. The molecule has 0 aliphatic heterocycles. The highest BCUT2D eigenvalue weighted by Gasteiger charge is 2.19. The van der Waals surface area contributed by atoms with E-state index < -0.39 is 0 Å². The largest absolute Gasteiger partial charge is 0.361 e. The molecule has 2 heterocycles. The van der Waals surface area contributed by atoms with Crippen molar-refractivity contribution in [2.45, 2.75) is 34.6 Å². The average Bonchev–Trinajstić information content (AvgIpc) is 3.04. The molecule has 0 saturated carbocycles. The SMILES string of the molecule is Cc1ccc(-c2nc(NC(=O)c3c(C)noc3C)sc2C)cc1C. The molecule has 0 unspecified atom stereocenters. The van der Waals surface area contributed by atoms with Gasteiger partial charge in [-0.05, 0) is 51.8 Å². The van der Waals surface area contributed by atoms with E-state index in [0.29, 0.717) is 22.1 Å². The summed E-state index contributed by atoms with van der Waals surface area (Å²) in [5.41, 5.74) is 5.48. The highest BCUT2D eigenvalue weighted by Crippen LogP contribution is 2.31. The summed E-state index contributed by atoms with van der Waals surface area (Å²) in [7, 11) is 0. The molecule has 0 aliphatic carbocycles. The molecular weight excluding hydrogens is 322 g/mol. The van der Waals surface area contributed by atoms with Crippen molar-refractivity contribution in [1.29, 1.82) is 0 Å². The molecule has 2 aromatic heterocycles. The van der Waals surface area contributed by atoms with Crippen LogP contribution >= 0.6 is 11.3 Å². The number of benzene rings is 1. The minimum atomic E-state index is -0.244. The number of hydrogen-bond acceptors (Lipinski definition) is 5. The van der Waals surface area contributed by atoms with Crippen LogP contribution in [0.1, 0.15) is 37.8 Å². The van der Waals surface area contributed by atoms with Crippen molar-refractivity contribution in [2.24, 2.45) is 0 Å². The van der Waals surface area contributed by atoms with E-state index in [0.717, 1.165) is 16.1 Å². The number of nitrogens with zero attached hydrogens (tertiary/aromatic N) is 2. The summed E-state index contributed by atoms with van der Waals surface area (Å²) in [5.74, 6) is 0.263. The summed E-state index contributed by atoms with van der Waals surface area (Å²) in [6, 6.07) is 6.27. The zero-order chi connectivity index (χ0) is 17.4. The standard InChI is InChI=1S/C18H19N3O2S/c1-9-6-7-14(8-10(9)2)16-13(5)24-18(19-16)20-17(22)15-11(3)21-23-12(15)4/h6-8H,1-5H3,(H,19,20,22). The Labute approximate surface area is 144 Å². The van der Waals surface area contributed by atoms with Crippen LogP contribution in [0.2, 0.25) is 0 Å². The average molecular weight is 341 g/mol. The van der Waals surface area contributed by atoms with E-state index in [-0.39, 0.29) is 5.91 Å². The van der Waals surface area contributed by atoms with Crippen LogP contribution in [0, 0.1) is 34.6 Å². The second-order valence-corrected chi connectivity index (χ2v) is 7.08. The third-order valence-corrected chi connectivity index (χ3v) is 4.94. The first-order valence-electron chi connectivity index (χ1n) is 7.66. The van der Waals surface area contributed by atoms with Crippen molar-refractivity contribution in [3.63, 3.8) is 0 Å². The van der Waals surface area contributed by atoms with Gasteiger partial charge in [0.1, 0.15) is 11.3 Å². The van der Waals surface area contributed by atoms with Crippen molar-refractivity contribution in [3.8, 4) is 11.3 Å². The van der Waals surface area contributed by atoms with Crippen LogP contribution < -0.4 is 5.32 Å². The van der Waals surface area contributed by atoms with Gasteiger partial charge in [0, 0.05) is 10.4 Å². The molecule has 0 bridgehead atoms. The molecule has 5 nitrogen and oxygen atoms in total. The molecule has 24 heavy (non-hydrogen) atoms. The van der Waals surface area contributed by atoms with E-state index in [1.807, 2.05) is 6.92 Å². The van der Waals surface area contributed by atoms with Gasteiger partial charge in [0.15, 0.2) is 5.13 Å². The molecule has 0 spiro atoms.